The number of allylic oxidation sites excluding steroid dienone is 1. The van der Waals surface area contributed by atoms with E-state index in [1.807, 2.05) is 74.1 Å². The Morgan fingerprint density at radius 2 is 1.91 bits per heavy atom. The van der Waals surface area contributed by atoms with Crippen molar-refractivity contribution in [3.05, 3.63) is 82.5 Å². The predicted molar refractivity (Wildman–Crippen MR) is 178 cm³/mol. The van der Waals surface area contributed by atoms with Crippen molar-refractivity contribution in [2.45, 2.75) is 43.6 Å². The van der Waals surface area contributed by atoms with Crippen molar-refractivity contribution in [2.75, 3.05) is 48.4 Å². The minimum absolute atomic E-state index is 0.00327. The smallest absolute Gasteiger partial charge is 0.255 e. The number of carbonyl (C=O) groups is 2. The Labute approximate surface area is 267 Å². The first-order valence-corrected chi connectivity index (χ1v) is 16.7. The topological polar surface area (TPSA) is 114 Å². The SMILES string of the molecule is CN(c1cccc(NC(=O)c2cccc(C(C)(C)C#N)c2)c1)c1ncc2c(n1)S/C(NC(=O)CN1CCSCC1)=C/CCC2. The minimum atomic E-state index is -0.696. The maximum atomic E-state index is 13.1. The summed E-state index contributed by atoms with van der Waals surface area (Å²) < 4.78 is 0. The van der Waals surface area contributed by atoms with Gasteiger partial charge < -0.3 is 15.5 Å². The van der Waals surface area contributed by atoms with E-state index in [1.54, 1.807) is 18.2 Å². The summed E-state index contributed by atoms with van der Waals surface area (Å²) in [5.41, 5.74) is 3.07. The quantitative estimate of drug-likeness (QED) is 0.302. The molecule has 2 N–H and O–H groups in total. The monoisotopic (exact) mass is 627 g/mol. The summed E-state index contributed by atoms with van der Waals surface area (Å²) in [6.07, 6.45) is 6.66. The molecular weight excluding hydrogens is 591 g/mol. The highest BCUT2D eigenvalue weighted by Crippen LogP contribution is 2.33. The summed E-state index contributed by atoms with van der Waals surface area (Å²) >= 11 is 3.40. The van der Waals surface area contributed by atoms with Gasteiger partial charge in [-0.25, -0.2) is 9.97 Å². The maximum absolute atomic E-state index is 13.1. The van der Waals surface area contributed by atoms with Gasteiger partial charge in [-0.2, -0.15) is 17.0 Å². The molecule has 2 amide bonds. The number of aromatic nitrogens is 2. The number of amides is 2. The van der Waals surface area contributed by atoms with Crippen molar-refractivity contribution in [3.8, 4) is 6.07 Å². The number of thioether (sulfide) groups is 2. The first kappa shape index (κ1) is 31.6. The highest BCUT2D eigenvalue weighted by Gasteiger charge is 2.22. The van der Waals surface area contributed by atoms with E-state index < -0.39 is 5.41 Å². The van der Waals surface area contributed by atoms with Crippen molar-refractivity contribution in [3.63, 3.8) is 0 Å². The number of hydrogen-bond donors (Lipinski definition) is 2. The van der Waals surface area contributed by atoms with Crippen LogP contribution in [-0.4, -0.2) is 64.9 Å². The zero-order chi connectivity index (χ0) is 31.1. The van der Waals surface area contributed by atoms with E-state index in [1.165, 1.54) is 11.8 Å². The molecule has 0 spiro atoms. The van der Waals surface area contributed by atoms with Gasteiger partial charge in [0.2, 0.25) is 11.9 Å². The van der Waals surface area contributed by atoms with E-state index in [4.69, 9.17) is 4.98 Å². The number of hydrogen-bond acceptors (Lipinski definition) is 9. The van der Waals surface area contributed by atoms with Gasteiger partial charge in [-0.1, -0.05) is 36.0 Å². The lowest BCUT2D eigenvalue weighted by atomic mass is 9.85. The number of nitrogens with zero attached hydrogens (tertiary/aromatic N) is 5. The molecule has 44 heavy (non-hydrogen) atoms. The second-order valence-corrected chi connectivity index (χ2v) is 13.6. The zero-order valence-electron chi connectivity index (χ0n) is 25.3. The average molecular weight is 628 g/mol. The summed E-state index contributed by atoms with van der Waals surface area (Å²) in [7, 11) is 1.89. The Bertz CT molecular complexity index is 1590. The highest BCUT2D eigenvalue weighted by molar-refractivity contribution is 8.03. The molecule has 3 aromatic rings. The van der Waals surface area contributed by atoms with Gasteiger partial charge in [-0.05, 0) is 69.0 Å². The van der Waals surface area contributed by atoms with Crippen LogP contribution >= 0.6 is 23.5 Å². The fraction of sp³-hybridized carbons (Fsp3) is 0.364. The largest absolute Gasteiger partial charge is 0.322 e. The number of benzene rings is 2. The van der Waals surface area contributed by atoms with Crippen LogP contribution in [0.2, 0.25) is 0 Å². The Balaban J connectivity index is 1.28. The summed E-state index contributed by atoms with van der Waals surface area (Å²) in [4.78, 5) is 39.6. The molecule has 0 unspecified atom stereocenters. The number of fused-ring (bicyclic) bond motifs is 1. The second kappa shape index (κ2) is 14.3. The molecule has 228 valence electrons. The molecule has 2 aliphatic heterocycles. The van der Waals surface area contributed by atoms with Gasteiger partial charge in [0.05, 0.1) is 23.1 Å². The number of nitrogens with one attached hydrogen (secondary N) is 2. The number of nitriles is 1. The van der Waals surface area contributed by atoms with Crippen LogP contribution in [-0.2, 0) is 16.6 Å². The van der Waals surface area contributed by atoms with Crippen LogP contribution in [0.25, 0.3) is 0 Å². The fourth-order valence-electron chi connectivity index (χ4n) is 4.92. The minimum Gasteiger partial charge on any atom is -0.322 e. The third-order valence-corrected chi connectivity index (χ3v) is 9.63. The maximum Gasteiger partial charge on any atom is 0.255 e. The second-order valence-electron chi connectivity index (χ2n) is 11.4. The summed E-state index contributed by atoms with van der Waals surface area (Å²) in [6, 6.07) is 16.9. The van der Waals surface area contributed by atoms with Gasteiger partial charge in [-0.3, -0.25) is 14.5 Å². The molecule has 3 heterocycles. The molecule has 11 heteroatoms. The number of carbonyl (C=O) groups excluding carboxylic acids is 2. The van der Waals surface area contributed by atoms with Crippen molar-refractivity contribution >= 4 is 52.7 Å². The first-order chi connectivity index (χ1) is 21.2. The molecule has 5 rings (SSSR count). The van der Waals surface area contributed by atoms with Gasteiger partial charge in [0, 0.05) is 60.3 Å². The van der Waals surface area contributed by atoms with Gasteiger partial charge in [0.1, 0.15) is 5.03 Å². The predicted octanol–water partition coefficient (Wildman–Crippen LogP) is 5.73. The molecule has 0 atom stereocenters. The molecule has 0 bridgehead atoms. The molecule has 0 aliphatic carbocycles. The molecule has 0 radical (unpaired) electrons. The summed E-state index contributed by atoms with van der Waals surface area (Å²) in [5, 5.41) is 17.2. The Hall–Kier alpha value is -3.85. The van der Waals surface area contributed by atoms with Gasteiger partial charge in [-0.15, -0.1) is 0 Å². The highest BCUT2D eigenvalue weighted by atomic mass is 32.2. The van der Waals surface area contributed by atoms with E-state index in [0.29, 0.717) is 23.7 Å². The van der Waals surface area contributed by atoms with Crippen LogP contribution in [0.1, 0.15) is 48.2 Å². The Morgan fingerprint density at radius 1 is 1.11 bits per heavy atom. The third-order valence-electron chi connectivity index (χ3n) is 7.65. The van der Waals surface area contributed by atoms with E-state index in [9.17, 15) is 14.9 Å². The third kappa shape index (κ3) is 8.00. The standard InChI is InChI=1S/C33H37N7O2S2/c1-33(2,22-34)25-10-6-9-23(18-25)30(42)36-26-11-7-12-27(19-26)39(3)32-35-20-24-8-4-5-13-29(44-31(24)38-32)37-28(41)21-40-14-16-43-17-15-40/h6-7,9-13,18-20H,4-5,8,14-17,21H2,1-3H3,(H,36,42)(H,37,41)/b29-13+. The van der Waals surface area contributed by atoms with Crippen LogP contribution in [0.15, 0.2) is 70.9 Å². The van der Waals surface area contributed by atoms with E-state index >= 15 is 0 Å². The van der Waals surface area contributed by atoms with Crippen LogP contribution in [0.5, 0.6) is 0 Å². The van der Waals surface area contributed by atoms with Crippen molar-refractivity contribution in [1.82, 2.24) is 20.2 Å². The van der Waals surface area contributed by atoms with Gasteiger partial charge in [0.25, 0.3) is 5.91 Å². The lowest BCUT2D eigenvalue weighted by molar-refractivity contribution is -0.121. The fourth-order valence-corrected chi connectivity index (χ4v) is 6.88. The summed E-state index contributed by atoms with van der Waals surface area (Å²) in [6.45, 7) is 5.94. The van der Waals surface area contributed by atoms with Crippen molar-refractivity contribution < 1.29 is 9.59 Å². The van der Waals surface area contributed by atoms with Gasteiger partial charge in [0.15, 0.2) is 0 Å². The molecule has 1 fully saturated rings. The normalized spacial score (nSPS) is 16.7. The Morgan fingerprint density at radius 3 is 2.70 bits per heavy atom. The van der Waals surface area contributed by atoms with Crippen molar-refractivity contribution in [2.24, 2.45) is 0 Å². The zero-order valence-corrected chi connectivity index (χ0v) is 26.9. The number of rotatable bonds is 8. The van der Waals surface area contributed by atoms with Crippen LogP contribution in [0, 0.1) is 11.3 Å². The number of anilines is 3. The molecule has 1 aromatic heterocycles. The molecule has 9 nitrogen and oxygen atoms in total. The average Bonchev–Trinajstić information content (AvgIpc) is 3.02. The van der Waals surface area contributed by atoms with Crippen LogP contribution < -0.4 is 15.5 Å². The first-order valence-electron chi connectivity index (χ1n) is 14.7. The lowest BCUT2D eigenvalue weighted by Gasteiger charge is -2.25. The Kier molecular flexibility index (Phi) is 10.3. The van der Waals surface area contributed by atoms with Crippen LogP contribution in [0.3, 0.4) is 0 Å². The molecule has 2 aromatic carbocycles. The van der Waals surface area contributed by atoms with E-state index in [2.05, 4.69) is 32.7 Å². The molecule has 0 saturated carbocycles. The molecule has 2 aliphatic rings. The molecular formula is C33H37N7O2S2. The summed E-state index contributed by atoms with van der Waals surface area (Å²) in [5.74, 6) is 2.40. The molecule has 1 saturated heterocycles. The van der Waals surface area contributed by atoms with E-state index in [-0.39, 0.29) is 11.8 Å². The number of aryl methyl sites for hydroxylation is 1. The van der Waals surface area contributed by atoms with Gasteiger partial charge >= 0.3 is 0 Å². The lowest BCUT2D eigenvalue weighted by Crippen LogP contribution is -2.40. The van der Waals surface area contributed by atoms with Crippen molar-refractivity contribution in [1.29, 1.82) is 5.26 Å². The van der Waals surface area contributed by atoms with Crippen LogP contribution in [0.4, 0.5) is 17.3 Å². The van der Waals surface area contributed by atoms with E-state index in [0.717, 1.165) is 70.7 Å².